The van der Waals surface area contributed by atoms with Crippen LogP contribution in [-0.2, 0) is 6.42 Å². The SMILES string of the molecule is CC1(C)Cc2cc([N+](=O)[O-])cc(OCCCCl)c2O1. The van der Waals surface area contributed by atoms with Crippen LogP contribution in [0.15, 0.2) is 12.1 Å². The van der Waals surface area contributed by atoms with E-state index in [9.17, 15) is 10.1 Å². The Morgan fingerprint density at radius 3 is 2.89 bits per heavy atom. The van der Waals surface area contributed by atoms with Crippen molar-refractivity contribution >= 4 is 17.3 Å². The number of rotatable bonds is 5. The Kier molecular flexibility index (Phi) is 3.85. The van der Waals surface area contributed by atoms with E-state index in [-0.39, 0.29) is 11.3 Å². The minimum Gasteiger partial charge on any atom is -0.489 e. The average molecular weight is 286 g/mol. The molecule has 0 saturated carbocycles. The van der Waals surface area contributed by atoms with Gasteiger partial charge in [0.15, 0.2) is 11.5 Å². The maximum atomic E-state index is 10.9. The highest BCUT2D eigenvalue weighted by Crippen LogP contribution is 2.44. The molecule has 1 aliphatic rings. The van der Waals surface area contributed by atoms with E-state index < -0.39 is 4.92 Å². The van der Waals surface area contributed by atoms with Gasteiger partial charge in [0.1, 0.15) is 5.60 Å². The van der Waals surface area contributed by atoms with Crippen LogP contribution in [0.5, 0.6) is 11.5 Å². The first-order valence-corrected chi connectivity index (χ1v) is 6.65. The van der Waals surface area contributed by atoms with Crippen LogP contribution in [0, 0.1) is 10.1 Å². The molecule has 0 unspecified atom stereocenters. The van der Waals surface area contributed by atoms with Gasteiger partial charge in [0, 0.05) is 23.9 Å². The van der Waals surface area contributed by atoms with E-state index in [4.69, 9.17) is 21.1 Å². The van der Waals surface area contributed by atoms with Crippen molar-refractivity contribution in [3.63, 3.8) is 0 Å². The number of fused-ring (bicyclic) bond motifs is 1. The van der Waals surface area contributed by atoms with Crippen LogP contribution < -0.4 is 9.47 Å². The van der Waals surface area contributed by atoms with Crippen LogP contribution in [-0.4, -0.2) is 23.0 Å². The van der Waals surface area contributed by atoms with Crippen molar-refractivity contribution in [3.05, 3.63) is 27.8 Å². The van der Waals surface area contributed by atoms with E-state index >= 15 is 0 Å². The van der Waals surface area contributed by atoms with Crippen LogP contribution in [0.3, 0.4) is 0 Å². The number of halogens is 1. The zero-order valence-corrected chi connectivity index (χ0v) is 11.7. The van der Waals surface area contributed by atoms with Crippen molar-refractivity contribution in [2.24, 2.45) is 0 Å². The van der Waals surface area contributed by atoms with Gasteiger partial charge in [0.25, 0.3) is 5.69 Å². The van der Waals surface area contributed by atoms with E-state index in [0.29, 0.717) is 36.8 Å². The maximum Gasteiger partial charge on any atom is 0.273 e. The maximum absolute atomic E-state index is 10.9. The molecular weight excluding hydrogens is 270 g/mol. The first-order valence-electron chi connectivity index (χ1n) is 6.12. The molecule has 5 nitrogen and oxygen atoms in total. The van der Waals surface area contributed by atoms with Gasteiger partial charge in [-0.1, -0.05) is 0 Å². The second-order valence-corrected chi connectivity index (χ2v) is 5.50. The summed E-state index contributed by atoms with van der Waals surface area (Å²) in [5.74, 6) is 1.54. The molecule has 0 radical (unpaired) electrons. The van der Waals surface area contributed by atoms with Gasteiger partial charge in [-0.25, -0.2) is 0 Å². The van der Waals surface area contributed by atoms with Crippen molar-refractivity contribution in [1.82, 2.24) is 0 Å². The molecule has 1 heterocycles. The Balaban J connectivity index is 2.33. The molecule has 0 spiro atoms. The van der Waals surface area contributed by atoms with E-state index in [0.717, 1.165) is 5.56 Å². The van der Waals surface area contributed by atoms with Crippen molar-refractivity contribution in [2.45, 2.75) is 32.3 Å². The number of non-ortho nitro benzene ring substituents is 1. The highest BCUT2D eigenvalue weighted by molar-refractivity contribution is 6.17. The number of nitrogens with zero attached hydrogens (tertiary/aromatic N) is 1. The lowest BCUT2D eigenvalue weighted by molar-refractivity contribution is -0.385. The number of nitro groups is 1. The predicted molar refractivity (Wildman–Crippen MR) is 72.3 cm³/mol. The van der Waals surface area contributed by atoms with Crippen molar-refractivity contribution in [3.8, 4) is 11.5 Å². The molecule has 104 valence electrons. The molecule has 0 aromatic heterocycles. The third-order valence-corrected chi connectivity index (χ3v) is 3.12. The number of hydrogen-bond donors (Lipinski definition) is 0. The lowest BCUT2D eigenvalue weighted by Crippen LogP contribution is -2.24. The molecule has 0 atom stereocenters. The van der Waals surface area contributed by atoms with Gasteiger partial charge in [0.05, 0.1) is 17.6 Å². The van der Waals surface area contributed by atoms with Gasteiger partial charge >= 0.3 is 0 Å². The molecule has 1 aliphatic heterocycles. The van der Waals surface area contributed by atoms with E-state index in [1.807, 2.05) is 13.8 Å². The van der Waals surface area contributed by atoms with Crippen LogP contribution in [0.4, 0.5) is 5.69 Å². The molecule has 0 fully saturated rings. The van der Waals surface area contributed by atoms with Gasteiger partial charge in [-0.3, -0.25) is 10.1 Å². The molecule has 2 rings (SSSR count). The standard InChI is InChI=1S/C13H16ClNO4/c1-13(2)8-9-6-10(15(16)17)7-11(12(9)19-13)18-5-3-4-14/h6-7H,3-5,8H2,1-2H3. The summed E-state index contributed by atoms with van der Waals surface area (Å²) in [5, 5.41) is 10.9. The van der Waals surface area contributed by atoms with Crippen LogP contribution in [0.1, 0.15) is 25.8 Å². The summed E-state index contributed by atoms with van der Waals surface area (Å²) in [7, 11) is 0. The van der Waals surface area contributed by atoms with Gasteiger partial charge in [-0.15, -0.1) is 11.6 Å². The van der Waals surface area contributed by atoms with Crippen LogP contribution >= 0.6 is 11.6 Å². The molecule has 19 heavy (non-hydrogen) atoms. The molecule has 0 saturated heterocycles. The van der Waals surface area contributed by atoms with Crippen LogP contribution in [0.25, 0.3) is 0 Å². The number of nitro benzene ring substituents is 1. The molecule has 1 aromatic carbocycles. The first kappa shape index (κ1) is 13.9. The fourth-order valence-electron chi connectivity index (χ4n) is 2.11. The number of benzene rings is 1. The average Bonchev–Trinajstić information content (AvgIpc) is 2.63. The van der Waals surface area contributed by atoms with E-state index in [1.54, 1.807) is 6.07 Å². The number of ether oxygens (including phenoxy) is 2. The van der Waals surface area contributed by atoms with Gasteiger partial charge in [-0.05, 0) is 20.3 Å². The second-order valence-electron chi connectivity index (χ2n) is 5.12. The third-order valence-electron chi connectivity index (χ3n) is 2.86. The highest BCUT2D eigenvalue weighted by atomic mass is 35.5. The zero-order valence-electron chi connectivity index (χ0n) is 10.9. The molecule has 0 bridgehead atoms. The Bertz CT molecular complexity index is 502. The Morgan fingerprint density at radius 2 is 2.26 bits per heavy atom. The summed E-state index contributed by atoms with van der Waals surface area (Å²) >= 11 is 5.59. The van der Waals surface area contributed by atoms with Crippen molar-refractivity contribution < 1.29 is 14.4 Å². The lowest BCUT2D eigenvalue weighted by Gasteiger charge is -2.18. The summed E-state index contributed by atoms with van der Waals surface area (Å²) in [6, 6.07) is 2.97. The summed E-state index contributed by atoms with van der Waals surface area (Å²) in [6.07, 6.45) is 1.32. The first-order chi connectivity index (χ1) is 8.93. The fraction of sp³-hybridized carbons (Fsp3) is 0.538. The Morgan fingerprint density at radius 1 is 1.53 bits per heavy atom. The smallest absolute Gasteiger partial charge is 0.273 e. The number of alkyl halides is 1. The molecule has 6 heteroatoms. The fourth-order valence-corrected chi connectivity index (χ4v) is 2.22. The number of hydrogen-bond acceptors (Lipinski definition) is 4. The monoisotopic (exact) mass is 285 g/mol. The quantitative estimate of drug-likeness (QED) is 0.360. The summed E-state index contributed by atoms with van der Waals surface area (Å²) in [6.45, 7) is 4.31. The summed E-state index contributed by atoms with van der Waals surface area (Å²) in [5.41, 5.74) is 0.489. The highest BCUT2D eigenvalue weighted by Gasteiger charge is 2.34. The normalized spacial score (nSPS) is 15.7. The molecule has 1 aromatic rings. The third kappa shape index (κ3) is 3.10. The second kappa shape index (κ2) is 5.25. The topological polar surface area (TPSA) is 61.6 Å². The Labute approximate surface area is 116 Å². The van der Waals surface area contributed by atoms with Gasteiger partial charge < -0.3 is 9.47 Å². The largest absolute Gasteiger partial charge is 0.489 e. The van der Waals surface area contributed by atoms with Crippen LogP contribution in [0.2, 0.25) is 0 Å². The summed E-state index contributed by atoms with van der Waals surface area (Å²) < 4.78 is 11.4. The minimum absolute atomic E-state index is 0.0286. The van der Waals surface area contributed by atoms with E-state index in [2.05, 4.69) is 0 Å². The van der Waals surface area contributed by atoms with Crippen molar-refractivity contribution in [1.29, 1.82) is 0 Å². The van der Waals surface area contributed by atoms with Gasteiger partial charge in [0.2, 0.25) is 0 Å². The molecule has 0 amide bonds. The molecule has 0 N–H and O–H groups in total. The van der Waals surface area contributed by atoms with Crippen molar-refractivity contribution in [2.75, 3.05) is 12.5 Å². The molecule has 0 aliphatic carbocycles. The summed E-state index contributed by atoms with van der Waals surface area (Å²) in [4.78, 5) is 10.5. The lowest BCUT2D eigenvalue weighted by atomic mass is 10.0. The predicted octanol–water partition coefficient (Wildman–Crippen LogP) is 3.32. The molecular formula is C13H16ClNO4. The van der Waals surface area contributed by atoms with E-state index in [1.165, 1.54) is 6.07 Å². The zero-order chi connectivity index (χ0) is 14.0. The van der Waals surface area contributed by atoms with Gasteiger partial charge in [-0.2, -0.15) is 0 Å². The Hall–Kier alpha value is -1.49. The minimum atomic E-state index is -0.417.